The van der Waals surface area contributed by atoms with Crippen molar-refractivity contribution < 1.29 is 0 Å². The second-order valence-electron chi connectivity index (χ2n) is 11.8. The number of fused-ring (bicyclic) bond motifs is 3. The van der Waals surface area contributed by atoms with E-state index < -0.39 is 0 Å². The van der Waals surface area contributed by atoms with Crippen molar-refractivity contribution in [2.45, 2.75) is 116 Å². The van der Waals surface area contributed by atoms with Gasteiger partial charge in [-0.1, -0.05) is 57.4 Å². The Labute approximate surface area is 175 Å². The first-order valence-electron chi connectivity index (χ1n) is 13.4. The molecule has 5 rings (SSSR count). The predicted molar refractivity (Wildman–Crippen MR) is 120 cm³/mol. The van der Waals surface area contributed by atoms with Crippen LogP contribution in [-0.2, 0) is 0 Å². The minimum absolute atomic E-state index is 0.762. The first-order chi connectivity index (χ1) is 13.8. The smallest absolute Gasteiger partial charge is 0.0235 e. The highest BCUT2D eigenvalue weighted by molar-refractivity contribution is 5.09. The summed E-state index contributed by atoms with van der Waals surface area (Å²) >= 11 is 0. The van der Waals surface area contributed by atoms with Crippen LogP contribution >= 0.6 is 0 Å². The van der Waals surface area contributed by atoms with E-state index in [1.165, 1.54) is 25.7 Å². The lowest BCUT2D eigenvalue weighted by Crippen LogP contribution is -2.45. The number of hydrogen-bond donors (Lipinski definition) is 0. The summed E-state index contributed by atoms with van der Waals surface area (Å²) in [5.41, 5.74) is 0.762. The summed E-state index contributed by atoms with van der Waals surface area (Å²) in [5.74, 6) is 7.77. The minimum Gasteiger partial charge on any atom is -0.103 e. The molecule has 6 unspecified atom stereocenters. The Morgan fingerprint density at radius 2 is 1.29 bits per heavy atom. The molecule has 5 saturated carbocycles. The van der Waals surface area contributed by atoms with Crippen LogP contribution in [0.5, 0.6) is 0 Å². The van der Waals surface area contributed by atoms with E-state index in [2.05, 4.69) is 12.7 Å². The van der Waals surface area contributed by atoms with Gasteiger partial charge in [-0.15, -0.1) is 6.58 Å². The van der Waals surface area contributed by atoms with Crippen molar-refractivity contribution in [1.82, 2.24) is 0 Å². The fourth-order valence-electron chi connectivity index (χ4n) is 9.94. The Bertz CT molecular complexity index is 504. The zero-order valence-electron chi connectivity index (χ0n) is 18.6. The fraction of sp³-hybridized carbons (Fsp3) is 0.929. The third kappa shape index (κ3) is 3.33. The summed E-state index contributed by atoms with van der Waals surface area (Å²) in [6.45, 7) is 4.00. The molecule has 0 heteroatoms. The van der Waals surface area contributed by atoms with Crippen LogP contribution in [0.15, 0.2) is 12.7 Å². The first-order valence-corrected chi connectivity index (χ1v) is 13.4. The summed E-state index contributed by atoms with van der Waals surface area (Å²) in [4.78, 5) is 0. The zero-order chi connectivity index (χ0) is 19.0. The number of hydrogen-bond acceptors (Lipinski definition) is 0. The van der Waals surface area contributed by atoms with Crippen molar-refractivity contribution in [2.75, 3.05) is 0 Å². The third-order valence-electron chi connectivity index (χ3n) is 10.8. The minimum atomic E-state index is 0.762. The molecule has 0 N–H and O–H groups in total. The second-order valence-corrected chi connectivity index (χ2v) is 11.8. The number of rotatable bonds is 5. The normalized spacial score (nSPS) is 45.4. The lowest BCUT2D eigenvalue weighted by molar-refractivity contribution is -0.0333. The number of allylic oxidation sites excluding steroid dienone is 1. The highest BCUT2D eigenvalue weighted by Crippen LogP contribution is 2.68. The maximum atomic E-state index is 4.00. The van der Waals surface area contributed by atoms with Gasteiger partial charge in [0, 0.05) is 0 Å². The molecule has 5 aliphatic carbocycles. The predicted octanol–water partition coefficient (Wildman–Crippen LogP) is 8.56. The quantitative estimate of drug-likeness (QED) is 0.418. The van der Waals surface area contributed by atoms with Gasteiger partial charge in [-0.2, -0.15) is 0 Å². The zero-order valence-corrected chi connectivity index (χ0v) is 18.6. The molecule has 0 aliphatic heterocycles. The Morgan fingerprint density at radius 3 is 1.89 bits per heavy atom. The van der Waals surface area contributed by atoms with Crippen LogP contribution in [0.25, 0.3) is 0 Å². The maximum Gasteiger partial charge on any atom is -0.0235 e. The Hall–Kier alpha value is -0.260. The van der Waals surface area contributed by atoms with Gasteiger partial charge < -0.3 is 0 Å². The van der Waals surface area contributed by atoms with Gasteiger partial charge in [0.2, 0.25) is 0 Å². The third-order valence-corrected chi connectivity index (χ3v) is 10.8. The first kappa shape index (κ1) is 19.7. The molecule has 5 fully saturated rings. The van der Waals surface area contributed by atoms with Gasteiger partial charge >= 0.3 is 0 Å². The maximum absolute atomic E-state index is 4.00. The van der Waals surface area contributed by atoms with E-state index in [-0.39, 0.29) is 0 Å². The monoisotopic (exact) mass is 382 g/mol. The van der Waals surface area contributed by atoms with Gasteiger partial charge in [-0.05, 0) is 111 Å². The van der Waals surface area contributed by atoms with Gasteiger partial charge in [-0.25, -0.2) is 0 Å². The standard InChI is InChI=1S/C28H46/c1-2-3-11-21-16-17-22(20-21)28(18-9-4-10-19-28)27-25-14-7-5-12-23(25)24-13-6-8-15-26(24)27/h2,21-27H,1,3-20H2. The summed E-state index contributed by atoms with van der Waals surface area (Å²) in [6, 6.07) is 0. The van der Waals surface area contributed by atoms with Crippen LogP contribution in [0, 0.1) is 46.8 Å². The molecule has 0 nitrogen and oxygen atoms in total. The molecule has 0 bridgehead atoms. The van der Waals surface area contributed by atoms with Gasteiger partial charge in [0.1, 0.15) is 0 Å². The highest BCUT2D eigenvalue weighted by atomic mass is 14.6. The molecule has 5 aliphatic rings. The molecular weight excluding hydrogens is 336 g/mol. The van der Waals surface area contributed by atoms with Crippen LogP contribution in [0.1, 0.15) is 116 Å². The largest absolute Gasteiger partial charge is 0.103 e. The van der Waals surface area contributed by atoms with Crippen LogP contribution < -0.4 is 0 Å². The summed E-state index contributed by atoms with van der Waals surface area (Å²) in [7, 11) is 0. The SMILES string of the molecule is C=CCCC1CCC(C2(C3C4CCCCC4C4CCCCC43)CCCCC2)C1. The molecule has 0 amide bonds. The Kier molecular flexibility index (Phi) is 5.95. The Balaban J connectivity index is 1.44. The molecule has 0 aromatic carbocycles. The van der Waals surface area contributed by atoms with E-state index in [1.807, 2.05) is 0 Å². The molecule has 0 spiro atoms. The van der Waals surface area contributed by atoms with Crippen LogP contribution in [0.2, 0.25) is 0 Å². The van der Waals surface area contributed by atoms with Crippen molar-refractivity contribution in [1.29, 1.82) is 0 Å². The van der Waals surface area contributed by atoms with E-state index in [0.29, 0.717) is 0 Å². The lowest BCUT2D eigenvalue weighted by Gasteiger charge is -2.52. The van der Waals surface area contributed by atoms with E-state index in [0.717, 1.165) is 46.8 Å². The molecule has 0 heterocycles. The van der Waals surface area contributed by atoms with E-state index in [9.17, 15) is 0 Å². The van der Waals surface area contributed by atoms with Crippen LogP contribution in [-0.4, -0.2) is 0 Å². The van der Waals surface area contributed by atoms with Crippen LogP contribution in [0.3, 0.4) is 0 Å². The Morgan fingerprint density at radius 1 is 0.679 bits per heavy atom. The van der Waals surface area contributed by atoms with Crippen LogP contribution in [0.4, 0.5) is 0 Å². The van der Waals surface area contributed by atoms with Crippen molar-refractivity contribution in [3.63, 3.8) is 0 Å². The summed E-state index contributed by atoms with van der Waals surface area (Å²) in [5, 5.41) is 0. The molecule has 0 aromatic heterocycles. The van der Waals surface area contributed by atoms with Crippen molar-refractivity contribution >= 4 is 0 Å². The summed E-state index contributed by atoms with van der Waals surface area (Å²) < 4.78 is 0. The molecule has 6 atom stereocenters. The average molecular weight is 383 g/mol. The van der Waals surface area contributed by atoms with Crippen molar-refractivity contribution in [3.8, 4) is 0 Å². The average Bonchev–Trinajstić information content (AvgIpc) is 3.36. The van der Waals surface area contributed by atoms with Crippen molar-refractivity contribution in [2.24, 2.45) is 46.8 Å². The van der Waals surface area contributed by atoms with E-state index in [4.69, 9.17) is 0 Å². The van der Waals surface area contributed by atoms with E-state index >= 15 is 0 Å². The molecule has 28 heavy (non-hydrogen) atoms. The molecular formula is C28H46. The van der Waals surface area contributed by atoms with E-state index in [1.54, 1.807) is 89.9 Å². The lowest BCUT2D eigenvalue weighted by atomic mass is 9.52. The highest BCUT2D eigenvalue weighted by Gasteiger charge is 2.60. The molecule has 158 valence electrons. The molecule has 0 radical (unpaired) electrons. The topological polar surface area (TPSA) is 0 Å². The van der Waals surface area contributed by atoms with Crippen molar-refractivity contribution in [3.05, 3.63) is 12.7 Å². The van der Waals surface area contributed by atoms with Gasteiger partial charge in [0.05, 0.1) is 0 Å². The fourth-order valence-corrected chi connectivity index (χ4v) is 9.94. The van der Waals surface area contributed by atoms with Gasteiger partial charge in [0.15, 0.2) is 0 Å². The summed E-state index contributed by atoms with van der Waals surface area (Å²) in [6.07, 6.45) is 30.0. The second kappa shape index (κ2) is 8.47. The van der Waals surface area contributed by atoms with Gasteiger partial charge in [-0.3, -0.25) is 0 Å². The molecule has 0 saturated heterocycles. The molecule has 0 aromatic rings. The van der Waals surface area contributed by atoms with Gasteiger partial charge in [0.25, 0.3) is 0 Å².